The summed E-state index contributed by atoms with van der Waals surface area (Å²) in [5.74, 6) is 0.752. The molecule has 2 heteroatoms. The molecular formula is C13H18O2. The van der Waals surface area contributed by atoms with Crippen molar-refractivity contribution in [1.29, 1.82) is 0 Å². The average Bonchev–Trinajstić information content (AvgIpc) is 2.18. The van der Waals surface area contributed by atoms with Crippen LogP contribution in [-0.2, 0) is 0 Å². The number of benzene rings is 1. The van der Waals surface area contributed by atoms with Gasteiger partial charge in [-0.1, -0.05) is 24.3 Å². The average molecular weight is 206 g/mol. The Morgan fingerprint density at radius 1 is 1.40 bits per heavy atom. The molecule has 0 saturated carbocycles. The van der Waals surface area contributed by atoms with Crippen molar-refractivity contribution in [2.45, 2.75) is 32.5 Å². The first-order chi connectivity index (χ1) is 7.15. The predicted molar refractivity (Wildman–Crippen MR) is 62.0 cm³/mol. The molecule has 82 valence electrons. The Balaban J connectivity index is 2.89. The molecule has 0 aliphatic carbocycles. The molecule has 0 bridgehead atoms. The van der Waals surface area contributed by atoms with Crippen molar-refractivity contribution in [3.05, 3.63) is 42.5 Å². The molecule has 1 unspecified atom stereocenters. The number of hydrogen-bond acceptors (Lipinski definition) is 2. The summed E-state index contributed by atoms with van der Waals surface area (Å²) in [5.41, 5.74) is 0.825. The summed E-state index contributed by atoms with van der Waals surface area (Å²) in [4.78, 5) is 0. The monoisotopic (exact) mass is 206 g/mol. The molecule has 1 aromatic carbocycles. The maximum Gasteiger partial charge on any atom is 0.125 e. The first-order valence-corrected chi connectivity index (χ1v) is 5.19. The molecule has 0 aromatic heterocycles. The van der Waals surface area contributed by atoms with Gasteiger partial charge in [-0.2, -0.15) is 0 Å². The molecule has 0 aliphatic rings. The summed E-state index contributed by atoms with van der Waals surface area (Å²) in [6.45, 7) is 7.55. The molecule has 0 saturated heterocycles. The van der Waals surface area contributed by atoms with Crippen molar-refractivity contribution in [2.75, 3.05) is 0 Å². The van der Waals surface area contributed by atoms with Gasteiger partial charge in [0.15, 0.2) is 0 Å². The second-order valence-electron chi connectivity index (χ2n) is 3.74. The van der Waals surface area contributed by atoms with Crippen molar-refractivity contribution >= 4 is 0 Å². The summed E-state index contributed by atoms with van der Waals surface area (Å²) >= 11 is 0. The summed E-state index contributed by atoms with van der Waals surface area (Å²) in [6.07, 6.45) is 1.83. The highest BCUT2D eigenvalue weighted by molar-refractivity contribution is 5.35. The standard InChI is InChI=1S/C13H18O2/c1-4-7-12(14)11-8-5-6-9-13(11)15-10(2)3/h4-6,8-10,12,14H,1,7H2,2-3H3. The van der Waals surface area contributed by atoms with Crippen LogP contribution in [0.3, 0.4) is 0 Å². The van der Waals surface area contributed by atoms with Crippen LogP contribution in [-0.4, -0.2) is 11.2 Å². The zero-order valence-corrected chi connectivity index (χ0v) is 9.31. The minimum absolute atomic E-state index is 0.113. The van der Waals surface area contributed by atoms with Gasteiger partial charge < -0.3 is 9.84 Å². The second-order valence-corrected chi connectivity index (χ2v) is 3.74. The van der Waals surface area contributed by atoms with Crippen LogP contribution >= 0.6 is 0 Å². The lowest BCUT2D eigenvalue weighted by molar-refractivity contribution is 0.168. The maximum atomic E-state index is 9.86. The number of hydrogen-bond donors (Lipinski definition) is 1. The van der Waals surface area contributed by atoms with Gasteiger partial charge in [0.25, 0.3) is 0 Å². The lowest BCUT2D eigenvalue weighted by Crippen LogP contribution is -2.09. The minimum atomic E-state index is -0.530. The van der Waals surface area contributed by atoms with E-state index >= 15 is 0 Å². The van der Waals surface area contributed by atoms with E-state index in [9.17, 15) is 5.11 Å². The zero-order chi connectivity index (χ0) is 11.3. The fourth-order valence-corrected chi connectivity index (χ4v) is 1.40. The molecular weight excluding hydrogens is 188 g/mol. The second kappa shape index (κ2) is 5.56. The van der Waals surface area contributed by atoms with Gasteiger partial charge >= 0.3 is 0 Å². The van der Waals surface area contributed by atoms with E-state index < -0.39 is 6.10 Å². The Morgan fingerprint density at radius 3 is 2.67 bits per heavy atom. The fourth-order valence-electron chi connectivity index (χ4n) is 1.40. The van der Waals surface area contributed by atoms with E-state index in [4.69, 9.17) is 4.74 Å². The smallest absolute Gasteiger partial charge is 0.125 e. The Labute approximate surface area is 91.2 Å². The summed E-state index contributed by atoms with van der Waals surface area (Å²) < 4.78 is 5.62. The van der Waals surface area contributed by atoms with Crippen LogP contribution < -0.4 is 4.74 Å². The molecule has 0 fully saturated rings. The molecule has 0 radical (unpaired) electrons. The highest BCUT2D eigenvalue weighted by Gasteiger charge is 2.12. The SMILES string of the molecule is C=CCC(O)c1ccccc1OC(C)C. The summed E-state index contributed by atoms with van der Waals surface area (Å²) in [5, 5.41) is 9.86. The molecule has 1 N–H and O–H groups in total. The van der Waals surface area contributed by atoms with Crippen molar-refractivity contribution in [1.82, 2.24) is 0 Å². The Hall–Kier alpha value is -1.28. The molecule has 2 nitrogen and oxygen atoms in total. The van der Waals surface area contributed by atoms with Gasteiger partial charge in [0, 0.05) is 5.56 Å². The van der Waals surface area contributed by atoms with Crippen LogP contribution in [0.25, 0.3) is 0 Å². The number of rotatable bonds is 5. The molecule has 0 amide bonds. The molecule has 1 aromatic rings. The Morgan fingerprint density at radius 2 is 2.07 bits per heavy atom. The van der Waals surface area contributed by atoms with E-state index in [1.165, 1.54) is 0 Å². The third kappa shape index (κ3) is 3.40. The number of ether oxygens (including phenoxy) is 1. The van der Waals surface area contributed by atoms with Gasteiger partial charge in [0.05, 0.1) is 12.2 Å². The number of aliphatic hydroxyl groups excluding tert-OH is 1. The van der Waals surface area contributed by atoms with Gasteiger partial charge in [0.1, 0.15) is 5.75 Å². The Kier molecular flexibility index (Phi) is 4.37. The third-order valence-electron chi connectivity index (χ3n) is 2.03. The Bertz CT molecular complexity index is 318. The first-order valence-electron chi connectivity index (χ1n) is 5.19. The van der Waals surface area contributed by atoms with E-state index in [2.05, 4.69) is 6.58 Å². The van der Waals surface area contributed by atoms with Crippen LogP contribution in [0.5, 0.6) is 5.75 Å². The van der Waals surface area contributed by atoms with Crippen molar-refractivity contribution in [2.24, 2.45) is 0 Å². The zero-order valence-electron chi connectivity index (χ0n) is 9.31. The maximum absolute atomic E-state index is 9.86. The highest BCUT2D eigenvalue weighted by atomic mass is 16.5. The van der Waals surface area contributed by atoms with E-state index in [-0.39, 0.29) is 6.10 Å². The van der Waals surface area contributed by atoms with Crippen molar-refractivity contribution in [3.63, 3.8) is 0 Å². The van der Waals surface area contributed by atoms with E-state index in [1.54, 1.807) is 6.08 Å². The van der Waals surface area contributed by atoms with Gasteiger partial charge in [0.2, 0.25) is 0 Å². The topological polar surface area (TPSA) is 29.5 Å². The molecule has 0 heterocycles. The predicted octanol–water partition coefficient (Wildman–Crippen LogP) is 3.08. The molecule has 0 spiro atoms. The quantitative estimate of drug-likeness (QED) is 0.750. The van der Waals surface area contributed by atoms with E-state index in [0.29, 0.717) is 6.42 Å². The molecule has 15 heavy (non-hydrogen) atoms. The lowest BCUT2D eigenvalue weighted by Gasteiger charge is -2.16. The van der Waals surface area contributed by atoms with Crippen LogP contribution in [0.4, 0.5) is 0 Å². The number of aliphatic hydroxyl groups is 1. The van der Waals surface area contributed by atoms with Crippen molar-refractivity contribution in [3.8, 4) is 5.75 Å². The first kappa shape index (κ1) is 11.8. The van der Waals surface area contributed by atoms with Crippen molar-refractivity contribution < 1.29 is 9.84 Å². The fraction of sp³-hybridized carbons (Fsp3) is 0.385. The largest absolute Gasteiger partial charge is 0.491 e. The van der Waals surface area contributed by atoms with Crippen LogP contribution in [0, 0.1) is 0 Å². The lowest BCUT2D eigenvalue weighted by atomic mass is 10.1. The highest BCUT2D eigenvalue weighted by Crippen LogP contribution is 2.27. The summed E-state index contributed by atoms with van der Waals surface area (Å²) in [6, 6.07) is 7.56. The van der Waals surface area contributed by atoms with Crippen LogP contribution in [0.2, 0.25) is 0 Å². The van der Waals surface area contributed by atoms with Gasteiger partial charge in [-0.05, 0) is 26.3 Å². The van der Waals surface area contributed by atoms with Gasteiger partial charge in [-0.25, -0.2) is 0 Å². The molecule has 0 aliphatic heterocycles. The minimum Gasteiger partial charge on any atom is -0.491 e. The third-order valence-corrected chi connectivity index (χ3v) is 2.03. The number of para-hydroxylation sites is 1. The van der Waals surface area contributed by atoms with E-state index in [1.807, 2.05) is 38.1 Å². The van der Waals surface area contributed by atoms with Crippen LogP contribution in [0.1, 0.15) is 31.9 Å². The van der Waals surface area contributed by atoms with Gasteiger partial charge in [-0.3, -0.25) is 0 Å². The summed E-state index contributed by atoms with van der Waals surface area (Å²) in [7, 11) is 0. The normalized spacial score (nSPS) is 12.5. The molecule has 1 atom stereocenters. The van der Waals surface area contributed by atoms with Gasteiger partial charge in [-0.15, -0.1) is 6.58 Å². The molecule has 1 rings (SSSR count). The van der Waals surface area contributed by atoms with E-state index in [0.717, 1.165) is 11.3 Å². The van der Waals surface area contributed by atoms with Crippen LogP contribution in [0.15, 0.2) is 36.9 Å².